The molecule has 1 aromatic carbocycles. The van der Waals surface area contributed by atoms with Crippen LogP contribution in [0.25, 0.3) is 0 Å². The van der Waals surface area contributed by atoms with Crippen molar-refractivity contribution in [2.75, 3.05) is 13.1 Å². The van der Waals surface area contributed by atoms with Gasteiger partial charge in [0.15, 0.2) is 0 Å². The lowest BCUT2D eigenvalue weighted by Crippen LogP contribution is -2.46. The van der Waals surface area contributed by atoms with E-state index in [-0.39, 0.29) is 17.5 Å². The molecule has 4 nitrogen and oxygen atoms in total. The zero-order valence-electron chi connectivity index (χ0n) is 12.1. The highest BCUT2D eigenvalue weighted by Crippen LogP contribution is 2.32. The molecule has 1 aromatic rings. The van der Waals surface area contributed by atoms with Gasteiger partial charge in [0.05, 0.1) is 11.1 Å². The monoisotopic (exact) mass is 314 g/mol. The number of hydrogen-bond acceptors (Lipinski definition) is 2. The largest absolute Gasteiger partial charge is 0.417 e. The smallest absolute Gasteiger partial charge is 0.353 e. The first-order valence-electron chi connectivity index (χ1n) is 7.01. The predicted molar refractivity (Wildman–Crippen MR) is 74.2 cm³/mol. The van der Waals surface area contributed by atoms with Crippen molar-refractivity contribution in [3.05, 3.63) is 35.4 Å². The van der Waals surface area contributed by atoms with Crippen LogP contribution in [0.1, 0.15) is 35.7 Å². The van der Waals surface area contributed by atoms with Gasteiger partial charge in [0, 0.05) is 26.1 Å². The molecular formula is C15H17F3N2O2. The minimum absolute atomic E-state index is 0.0283. The Balaban J connectivity index is 2.09. The van der Waals surface area contributed by atoms with Crippen LogP contribution in [0.3, 0.4) is 0 Å². The molecule has 2 rings (SSSR count). The van der Waals surface area contributed by atoms with Crippen LogP contribution in [0.15, 0.2) is 24.3 Å². The number of carbonyl (C=O) groups is 2. The van der Waals surface area contributed by atoms with Gasteiger partial charge in [0.2, 0.25) is 5.91 Å². The summed E-state index contributed by atoms with van der Waals surface area (Å²) in [5.74, 6) is -0.763. The number of benzene rings is 1. The van der Waals surface area contributed by atoms with Crippen molar-refractivity contribution in [3.8, 4) is 0 Å². The number of halogens is 3. The van der Waals surface area contributed by atoms with E-state index in [0.29, 0.717) is 25.9 Å². The highest BCUT2D eigenvalue weighted by Gasteiger charge is 2.36. The molecular weight excluding hydrogens is 297 g/mol. The summed E-state index contributed by atoms with van der Waals surface area (Å²) in [6.45, 7) is 2.07. The molecule has 7 heteroatoms. The lowest BCUT2D eigenvalue weighted by molar-refractivity contribution is -0.138. The van der Waals surface area contributed by atoms with Gasteiger partial charge in [-0.3, -0.25) is 9.59 Å². The van der Waals surface area contributed by atoms with E-state index in [0.717, 1.165) is 6.07 Å². The number of rotatable bonds is 2. The minimum atomic E-state index is -4.55. The SMILES string of the molecule is CC(=O)NC1CCN(C(=O)c2ccccc2C(F)(F)F)CC1. The van der Waals surface area contributed by atoms with Crippen molar-refractivity contribution < 1.29 is 22.8 Å². The zero-order valence-corrected chi connectivity index (χ0v) is 12.1. The Hall–Kier alpha value is -2.05. The predicted octanol–water partition coefficient (Wildman–Crippen LogP) is 2.45. The molecule has 1 fully saturated rings. The molecule has 1 saturated heterocycles. The third kappa shape index (κ3) is 3.78. The molecule has 22 heavy (non-hydrogen) atoms. The van der Waals surface area contributed by atoms with E-state index in [4.69, 9.17) is 0 Å². The van der Waals surface area contributed by atoms with Crippen LogP contribution in [0, 0.1) is 0 Å². The Bertz CT molecular complexity index is 564. The minimum Gasteiger partial charge on any atom is -0.353 e. The Morgan fingerprint density at radius 1 is 1.18 bits per heavy atom. The van der Waals surface area contributed by atoms with Gasteiger partial charge >= 0.3 is 6.18 Å². The number of nitrogens with one attached hydrogen (secondary N) is 1. The maximum absolute atomic E-state index is 13.0. The van der Waals surface area contributed by atoms with Crippen molar-refractivity contribution in [3.63, 3.8) is 0 Å². The summed E-state index contributed by atoms with van der Waals surface area (Å²) < 4.78 is 38.9. The number of piperidine rings is 1. The van der Waals surface area contributed by atoms with Crippen molar-refractivity contribution >= 4 is 11.8 Å². The van der Waals surface area contributed by atoms with E-state index >= 15 is 0 Å². The van der Waals surface area contributed by atoms with Crippen LogP contribution in [0.4, 0.5) is 13.2 Å². The number of alkyl halides is 3. The second-order valence-corrected chi connectivity index (χ2v) is 5.31. The average Bonchev–Trinajstić information content (AvgIpc) is 2.46. The fourth-order valence-corrected chi connectivity index (χ4v) is 2.60. The first-order valence-corrected chi connectivity index (χ1v) is 7.01. The molecule has 1 heterocycles. The molecule has 0 atom stereocenters. The van der Waals surface area contributed by atoms with E-state index in [1.165, 1.54) is 30.0 Å². The standard InChI is InChI=1S/C15H17F3N2O2/c1-10(21)19-11-6-8-20(9-7-11)14(22)12-4-2-3-5-13(12)15(16,17)18/h2-5,11H,6-9H2,1H3,(H,19,21). The maximum Gasteiger partial charge on any atom is 0.417 e. The third-order valence-corrected chi connectivity index (χ3v) is 3.65. The first kappa shape index (κ1) is 16.3. The highest BCUT2D eigenvalue weighted by atomic mass is 19.4. The molecule has 0 spiro atoms. The van der Waals surface area contributed by atoms with Crippen LogP contribution in [-0.2, 0) is 11.0 Å². The summed E-state index contributed by atoms with van der Waals surface area (Å²) in [5.41, 5.74) is -1.24. The van der Waals surface area contributed by atoms with Crippen LogP contribution in [0.5, 0.6) is 0 Å². The summed E-state index contributed by atoms with van der Waals surface area (Å²) in [7, 11) is 0. The molecule has 1 aliphatic heterocycles. The molecule has 1 N–H and O–H groups in total. The van der Waals surface area contributed by atoms with E-state index in [1.807, 2.05) is 0 Å². The Kier molecular flexibility index (Phi) is 4.73. The molecule has 0 saturated carbocycles. The number of carbonyl (C=O) groups excluding carboxylic acids is 2. The number of amides is 2. The Labute approximate surface area is 126 Å². The molecule has 120 valence electrons. The van der Waals surface area contributed by atoms with Crippen LogP contribution in [-0.4, -0.2) is 35.8 Å². The van der Waals surface area contributed by atoms with Crippen LogP contribution < -0.4 is 5.32 Å². The van der Waals surface area contributed by atoms with Gasteiger partial charge in [-0.25, -0.2) is 0 Å². The third-order valence-electron chi connectivity index (χ3n) is 3.65. The summed E-state index contributed by atoms with van der Waals surface area (Å²) in [5, 5.41) is 2.76. The van der Waals surface area contributed by atoms with Gasteiger partial charge < -0.3 is 10.2 Å². The lowest BCUT2D eigenvalue weighted by Gasteiger charge is -2.32. The fraction of sp³-hybridized carbons (Fsp3) is 0.467. The Morgan fingerprint density at radius 3 is 2.32 bits per heavy atom. The van der Waals surface area contributed by atoms with Gasteiger partial charge in [0.25, 0.3) is 5.91 Å². The summed E-state index contributed by atoms with van der Waals surface area (Å²) in [6.07, 6.45) is -3.47. The molecule has 0 bridgehead atoms. The van der Waals surface area contributed by atoms with Gasteiger partial charge in [0.1, 0.15) is 0 Å². The van der Waals surface area contributed by atoms with E-state index in [1.54, 1.807) is 0 Å². The lowest BCUT2D eigenvalue weighted by atomic mass is 10.0. The second kappa shape index (κ2) is 6.37. The fourth-order valence-electron chi connectivity index (χ4n) is 2.60. The average molecular weight is 314 g/mol. The number of likely N-dealkylation sites (tertiary alicyclic amines) is 1. The number of nitrogens with zero attached hydrogens (tertiary/aromatic N) is 1. The van der Waals surface area contributed by atoms with Crippen LogP contribution in [0.2, 0.25) is 0 Å². The molecule has 1 aliphatic rings. The first-order chi connectivity index (χ1) is 10.3. The topological polar surface area (TPSA) is 49.4 Å². The Morgan fingerprint density at radius 2 is 1.77 bits per heavy atom. The zero-order chi connectivity index (χ0) is 16.3. The highest BCUT2D eigenvalue weighted by molar-refractivity contribution is 5.96. The quantitative estimate of drug-likeness (QED) is 0.911. The number of hydrogen-bond donors (Lipinski definition) is 1. The van der Waals surface area contributed by atoms with E-state index in [2.05, 4.69) is 5.32 Å². The summed E-state index contributed by atoms with van der Waals surface area (Å²) in [6, 6.07) is 4.77. The summed E-state index contributed by atoms with van der Waals surface area (Å²) in [4.78, 5) is 24.7. The van der Waals surface area contributed by atoms with Gasteiger partial charge in [-0.1, -0.05) is 12.1 Å². The van der Waals surface area contributed by atoms with Gasteiger partial charge in [-0.05, 0) is 25.0 Å². The van der Waals surface area contributed by atoms with Crippen molar-refractivity contribution in [2.45, 2.75) is 32.0 Å². The van der Waals surface area contributed by atoms with Crippen molar-refractivity contribution in [1.29, 1.82) is 0 Å². The van der Waals surface area contributed by atoms with Gasteiger partial charge in [-0.15, -0.1) is 0 Å². The normalized spacial score (nSPS) is 16.5. The van der Waals surface area contributed by atoms with E-state index in [9.17, 15) is 22.8 Å². The summed E-state index contributed by atoms with van der Waals surface area (Å²) >= 11 is 0. The molecule has 0 aliphatic carbocycles. The van der Waals surface area contributed by atoms with Crippen molar-refractivity contribution in [2.24, 2.45) is 0 Å². The molecule has 2 amide bonds. The maximum atomic E-state index is 13.0. The van der Waals surface area contributed by atoms with E-state index < -0.39 is 17.6 Å². The van der Waals surface area contributed by atoms with Crippen molar-refractivity contribution in [1.82, 2.24) is 10.2 Å². The van der Waals surface area contributed by atoms with Crippen LogP contribution >= 0.6 is 0 Å². The van der Waals surface area contributed by atoms with Gasteiger partial charge in [-0.2, -0.15) is 13.2 Å². The molecule has 0 unspecified atom stereocenters. The second-order valence-electron chi connectivity index (χ2n) is 5.31. The molecule has 0 radical (unpaired) electrons. The molecule has 0 aromatic heterocycles.